The van der Waals surface area contributed by atoms with E-state index in [1.165, 1.54) is 35.6 Å². The summed E-state index contributed by atoms with van der Waals surface area (Å²) in [6.07, 6.45) is -1.41. The third-order valence-corrected chi connectivity index (χ3v) is 9.32. The molecule has 2 aliphatic carbocycles. The molecule has 42 heavy (non-hydrogen) atoms. The number of thiazole rings is 1. The van der Waals surface area contributed by atoms with Crippen LogP contribution in [0.25, 0.3) is 21.5 Å². The Morgan fingerprint density at radius 3 is 2.57 bits per heavy atom. The first-order valence-corrected chi connectivity index (χ1v) is 14.5. The van der Waals surface area contributed by atoms with E-state index in [0.29, 0.717) is 38.7 Å². The minimum atomic E-state index is -4.84. The Morgan fingerprint density at radius 1 is 1.14 bits per heavy atom. The Kier molecular flexibility index (Phi) is 6.61. The summed E-state index contributed by atoms with van der Waals surface area (Å²) in [6, 6.07) is 8.33. The van der Waals surface area contributed by atoms with E-state index in [1.54, 1.807) is 6.07 Å². The lowest BCUT2D eigenvalue weighted by molar-refractivity contribution is -0.274. The molecule has 13 heteroatoms. The number of para-hydroxylation sites is 1. The molecule has 0 amide bonds. The van der Waals surface area contributed by atoms with Crippen molar-refractivity contribution in [3.63, 3.8) is 0 Å². The molecule has 3 heterocycles. The highest BCUT2D eigenvalue weighted by molar-refractivity contribution is 7.22. The highest BCUT2D eigenvalue weighted by atomic mass is 32.1. The quantitative estimate of drug-likeness (QED) is 0.215. The average Bonchev–Trinajstić information content (AvgIpc) is 3.24. The number of hydrogen-bond donors (Lipinski definition) is 1. The number of anilines is 1. The fourth-order valence-electron chi connectivity index (χ4n) is 6.19. The molecule has 2 aromatic heterocycles. The molecule has 1 N–H and O–H groups in total. The zero-order chi connectivity index (χ0) is 29.2. The number of ether oxygens (including phenoxy) is 2. The van der Waals surface area contributed by atoms with Gasteiger partial charge in [-0.1, -0.05) is 28.6 Å². The van der Waals surface area contributed by atoms with Gasteiger partial charge in [0, 0.05) is 30.1 Å². The van der Waals surface area contributed by atoms with Crippen LogP contribution in [-0.4, -0.2) is 46.8 Å². The van der Waals surface area contributed by atoms with Crippen molar-refractivity contribution < 1.29 is 41.5 Å². The summed E-state index contributed by atoms with van der Waals surface area (Å²) in [6.45, 7) is 1.62. The van der Waals surface area contributed by atoms with Gasteiger partial charge in [0.05, 0.1) is 23.0 Å². The van der Waals surface area contributed by atoms with Gasteiger partial charge in [0.1, 0.15) is 22.7 Å². The zero-order valence-corrected chi connectivity index (χ0v) is 22.9. The van der Waals surface area contributed by atoms with Crippen LogP contribution in [0.1, 0.15) is 53.3 Å². The first-order valence-electron chi connectivity index (χ1n) is 13.7. The van der Waals surface area contributed by atoms with Gasteiger partial charge in [0.15, 0.2) is 10.9 Å². The monoisotopic (exact) mass is 603 g/mol. The number of aromatic nitrogens is 2. The lowest BCUT2D eigenvalue weighted by atomic mass is 10.0. The number of fused-ring (bicyclic) bond motifs is 2. The van der Waals surface area contributed by atoms with Gasteiger partial charge in [0.2, 0.25) is 0 Å². The standard InChI is InChI=1S/C29H25F4N3O5S/c30-21-9-15(27(37)38)10-23-25(21)34-28(42-23)36-11-16-7-18(8-17(16)12-36)39-13-20-24(35-41-26(20)14-5-6-14)19-3-1-2-4-22(19)40-29(31,32)33/h1-4,9-10,14,16-18H,5-8,11-13H2,(H,37,38)/t16-,17+,18?. The molecule has 7 rings (SSSR count). The van der Waals surface area contributed by atoms with Crippen molar-refractivity contribution in [2.45, 2.75) is 50.7 Å². The van der Waals surface area contributed by atoms with Crippen molar-refractivity contribution in [1.29, 1.82) is 0 Å². The highest BCUT2D eigenvalue weighted by Crippen LogP contribution is 2.47. The number of nitrogens with zero attached hydrogens (tertiary/aromatic N) is 3. The first-order chi connectivity index (χ1) is 20.1. The highest BCUT2D eigenvalue weighted by Gasteiger charge is 2.43. The van der Waals surface area contributed by atoms with Crippen molar-refractivity contribution >= 4 is 32.7 Å². The molecule has 0 spiro atoms. The number of carboxylic acids is 1. The molecule has 3 atom stereocenters. The van der Waals surface area contributed by atoms with E-state index in [0.717, 1.165) is 44.8 Å². The minimum Gasteiger partial charge on any atom is -0.478 e. The molecule has 2 saturated carbocycles. The fraction of sp³-hybridized carbons (Fsp3) is 0.414. The Bertz CT molecular complexity index is 1650. The van der Waals surface area contributed by atoms with Crippen LogP contribution in [0.2, 0.25) is 0 Å². The molecule has 2 aromatic carbocycles. The molecule has 0 bridgehead atoms. The van der Waals surface area contributed by atoms with Gasteiger partial charge in [-0.3, -0.25) is 0 Å². The molecule has 3 fully saturated rings. The van der Waals surface area contributed by atoms with Crippen LogP contribution in [0.3, 0.4) is 0 Å². The Balaban J connectivity index is 1.04. The van der Waals surface area contributed by atoms with Crippen LogP contribution in [0.5, 0.6) is 5.75 Å². The number of benzene rings is 2. The number of carbonyl (C=O) groups is 1. The van der Waals surface area contributed by atoms with Gasteiger partial charge in [0.25, 0.3) is 0 Å². The van der Waals surface area contributed by atoms with Crippen molar-refractivity contribution in [3.05, 3.63) is 59.1 Å². The molecule has 220 valence electrons. The number of rotatable bonds is 8. The van der Waals surface area contributed by atoms with Crippen LogP contribution in [0, 0.1) is 17.7 Å². The van der Waals surface area contributed by atoms with Gasteiger partial charge in [-0.25, -0.2) is 14.2 Å². The number of halogens is 4. The van der Waals surface area contributed by atoms with E-state index in [4.69, 9.17) is 9.26 Å². The molecule has 1 saturated heterocycles. The molecule has 0 radical (unpaired) electrons. The number of aromatic carboxylic acids is 1. The molecular formula is C29H25F4N3O5S. The second kappa shape index (κ2) is 10.2. The van der Waals surface area contributed by atoms with Gasteiger partial charge in [-0.15, -0.1) is 13.2 Å². The largest absolute Gasteiger partial charge is 0.573 e. The Labute approximate surface area is 240 Å². The SMILES string of the molecule is O=C(O)c1cc(F)c2nc(N3C[C@H]4CC(OCc5c(-c6ccccc6OC(F)(F)F)noc5C5CC5)C[C@H]4C3)sc2c1. The van der Waals surface area contributed by atoms with E-state index in [1.807, 2.05) is 0 Å². The Morgan fingerprint density at radius 2 is 1.88 bits per heavy atom. The molecule has 1 aliphatic heterocycles. The topological polar surface area (TPSA) is 97.9 Å². The maximum Gasteiger partial charge on any atom is 0.573 e. The lowest BCUT2D eigenvalue weighted by Crippen LogP contribution is -2.23. The van der Waals surface area contributed by atoms with Crippen LogP contribution in [0.15, 0.2) is 40.9 Å². The molecule has 1 unspecified atom stereocenters. The molecular weight excluding hydrogens is 578 g/mol. The van der Waals surface area contributed by atoms with Gasteiger partial charge in [-0.2, -0.15) is 0 Å². The smallest absolute Gasteiger partial charge is 0.478 e. The summed E-state index contributed by atoms with van der Waals surface area (Å²) in [7, 11) is 0. The third-order valence-electron chi connectivity index (χ3n) is 8.26. The van der Waals surface area contributed by atoms with Crippen LogP contribution in [-0.2, 0) is 11.3 Å². The van der Waals surface area contributed by atoms with Gasteiger partial charge in [-0.05, 0) is 61.8 Å². The molecule has 8 nitrogen and oxygen atoms in total. The predicted molar refractivity (Wildman–Crippen MR) is 144 cm³/mol. The van der Waals surface area contributed by atoms with Crippen LogP contribution >= 0.6 is 11.3 Å². The second-order valence-corrected chi connectivity index (χ2v) is 12.1. The maximum absolute atomic E-state index is 14.5. The maximum atomic E-state index is 14.5. The third kappa shape index (κ3) is 5.19. The van der Waals surface area contributed by atoms with Crippen LogP contribution < -0.4 is 9.64 Å². The summed E-state index contributed by atoms with van der Waals surface area (Å²) in [5.74, 6) is -0.654. The van der Waals surface area contributed by atoms with E-state index in [9.17, 15) is 27.5 Å². The summed E-state index contributed by atoms with van der Waals surface area (Å²) < 4.78 is 70.4. The van der Waals surface area contributed by atoms with Gasteiger partial charge < -0.3 is 24.0 Å². The first kappa shape index (κ1) is 27.1. The summed E-state index contributed by atoms with van der Waals surface area (Å²) in [4.78, 5) is 17.9. The summed E-state index contributed by atoms with van der Waals surface area (Å²) in [5.41, 5.74) is 1.23. The summed E-state index contributed by atoms with van der Waals surface area (Å²) >= 11 is 1.28. The fourth-order valence-corrected chi connectivity index (χ4v) is 7.23. The van der Waals surface area contributed by atoms with Gasteiger partial charge >= 0.3 is 12.3 Å². The second-order valence-electron chi connectivity index (χ2n) is 11.1. The molecule has 3 aliphatic rings. The van der Waals surface area contributed by atoms with Crippen LogP contribution in [0.4, 0.5) is 22.7 Å². The van der Waals surface area contributed by atoms with Crippen molar-refractivity contribution in [1.82, 2.24) is 10.1 Å². The Hall–Kier alpha value is -3.71. The van der Waals surface area contributed by atoms with E-state index in [2.05, 4.69) is 19.8 Å². The number of alkyl halides is 3. The zero-order valence-electron chi connectivity index (χ0n) is 22.1. The van der Waals surface area contributed by atoms with E-state index >= 15 is 0 Å². The normalized spacial score (nSPS) is 22.2. The van der Waals surface area contributed by atoms with E-state index in [-0.39, 0.29) is 41.0 Å². The van der Waals surface area contributed by atoms with Crippen molar-refractivity contribution in [3.8, 4) is 17.0 Å². The molecule has 4 aromatic rings. The van der Waals surface area contributed by atoms with Crippen molar-refractivity contribution in [2.24, 2.45) is 11.8 Å². The average molecular weight is 604 g/mol. The number of carboxylic acid groups (broad SMARTS) is 1. The predicted octanol–water partition coefficient (Wildman–Crippen LogP) is 7.00. The van der Waals surface area contributed by atoms with Crippen molar-refractivity contribution in [2.75, 3.05) is 18.0 Å². The number of hydrogen-bond acceptors (Lipinski definition) is 8. The van der Waals surface area contributed by atoms with E-state index < -0.39 is 18.1 Å². The minimum absolute atomic E-state index is 0.0374. The lowest BCUT2D eigenvalue weighted by Gasteiger charge is -2.19. The summed E-state index contributed by atoms with van der Waals surface area (Å²) in [5, 5.41) is 14.1.